The molecule has 0 aromatic rings. The van der Waals surface area contributed by atoms with Crippen LogP contribution in [0.3, 0.4) is 0 Å². The maximum absolute atomic E-state index is 8.91. The van der Waals surface area contributed by atoms with Crippen molar-refractivity contribution in [1.82, 2.24) is 0 Å². The molecule has 0 saturated heterocycles. The topological polar surface area (TPSA) is 32.5 Å². The first-order valence-corrected chi connectivity index (χ1v) is 2.56. The normalized spacial score (nSPS) is 24.5. The second kappa shape index (κ2) is 1.37. The summed E-state index contributed by atoms with van der Waals surface area (Å²) >= 11 is 0. The van der Waals surface area contributed by atoms with Gasteiger partial charge in [0.25, 0.3) is 0 Å². The third-order valence-corrected chi connectivity index (χ3v) is 1.23. The van der Waals surface area contributed by atoms with Crippen LogP contribution in [-0.4, -0.2) is 28.5 Å². The van der Waals surface area contributed by atoms with Crippen LogP contribution in [0.4, 0.5) is 0 Å². The maximum atomic E-state index is 8.91. The van der Waals surface area contributed by atoms with E-state index in [2.05, 4.69) is 0 Å². The zero-order chi connectivity index (χ0) is 6.20. The first-order chi connectivity index (χ1) is 3.63. The van der Waals surface area contributed by atoms with E-state index >= 15 is 0 Å². The predicted molar refractivity (Wildman–Crippen MR) is 28.1 cm³/mol. The van der Waals surface area contributed by atoms with Crippen molar-refractivity contribution in [2.45, 2.75) is 19.4 Å². The van der Waals surface area contributed by atoms with E-state index in [0.717, 1.165) is 4.74 Å². The van der Waals surface area contributed by atoms with E-state index in [-0.39, 0.29) is 5.54 Å². The van der Waals surface area contributed by atoms with Gasteiger partial charge in [0.15, 0.2) is 6.61 Å². The molecule has 0 unspecified atom stereocenters. The van der Waals surface area contributed by atoms with Crippen LogP contribution in [0.2, 0.25) is 0 Å². The highest BCUT2D eigenvalue weighted by atomic mass is 16.6. The number of rotatable bonds is 0. The molecule has 0 aromatic heterocycles. The lowest BCUT2D eigenvalue weighted by molar-refractivity contribution is -0.812. The fourth-order valence-corrected chi connectivity index (χ4v) is 0.521. The lowest BCUT2D eigenvalue weighted by atomic mass is 10.1. The average Bonchev–Trinajstić information content (AvgIpc) is 1.86. The number of hydroxylamine groups is 1. The van der Waals surface area contributed by atoms with Crippen molar-refractivity contribution in [3.05, 3.63) is 0 Å². The Morgan fingerprint density at radius 3 is 2.50 bits per heavy atom. The fraction of sp³-hybridized carbons (Fsp3) is 0.800. The van der Waals surface area contributed by atoms with Gasteiger partial charge in [0.1, 0.15) is 0 Å². The Bertz CT molecular complexity index is 128. The van der Waals surface area contributed by atoms with E-state index in [4.69, 9.17) is 9.94 Å². The van der Waals surface area contributed by atoms with Crippen LogP contribution >= 0.6 is 0 Å². The Labute approximate surface area is 48.2 Å². The van der Waals surface area contributed by atoms with Crippen molar-refractivity contribution in [2.24, 2.45) is 0 Å². The molecule has 3 heteroatoms. The number of hydrogen-bond acceptors (Lipinski definition) is 2. The highest BCUT2D eigenvalue weighted by molar-refractivity contribution is 5.41. The van der Waals surface area contributed by atoms with Crippen molar-refractivity contribution in [2.75, 3.05) is 6.61 Å². The molecular formula is C5H10NO2+. The van der Waals surface area contributed by atoms with Crippen LogP contribution in [0.25, 0.3) is 0 Å². The molecule has 0 radical (unpaired) electrons. The van der Waals surface area contributed by atoms with Crippen LogP contribution in [-0.2, 0) is 4.74 Å². The third-order valence-electron chi connectivity index (χ3n) is 1.23. The summed E-state index contributed by atoms with van der Waals surface area (Å²) in [5.41, 5.74) is -0.236. The van der Waals surface area contributed by atoms with Gasteiger partial charge in [-0.05, 0) is 0 Å². The second-order valence-electron chi connectivity index (χ2n) is 2.57. The summed E-state index contributed by atoms with van der Waals surface area (Å²) in [4.78, 5) is 0. The van der Waals surface area contributed by atoms with Gasteiger partial charge in [-0.1, -0.05) is 0 Å². The van der Waals surface area contributed by atoms with E-state index < -0.39 is 0 Å². The van der Waals surface area contributed by atoms with Crippen molar-refractivity contribution in [3.63, 3.8) is 0 Å². The Kier molecular flexibility index (Phi) is 0.927. The molecule has 3 nitrogen and oxygen atoms in total. The highest BCUT2D eigenvalue weighted by Gasteiger charge is 2.37. The van der Waals surface area contributed by atoms with Gasteiger partial charge in [0.2, 0.25) is 5.54 Å². The van der Waals surface area contributed by atoms with Crippen molar-refractivity contribution >= 4 is 6.40 Å². The van der Waals surface area contributed by atoms with E-state index in [1.165, 1.54) is 6.40 Å². The third kappa shape index (κ3) is 0.638. The summed E-state index contributed by atoms with van der Waals surface area (Å²) in [5, 5.41) is 8.91. The molecule has 0 saturated carbocycles. The lowest BCUT2D eigenvalue weighted by Crippen LogP contribution is -2.32. The molecular weight excluding hydrogens is 106 g/mol. The quantitative estimate of drug-likeness (QED) is 0.363. The Morgan fingerprint density at radius 1 is 1.75 bits per heavy atom. The largest absolute Gasteiger partial charge is 0.440 e. The van der Waals surface area contributed by atoms with Gasteiger partial charge in [-0.15, -0.1) is 0 Å². The molecule has 1 rings (SSSR count). The lowest BCUT2D eigenvalue weighted by Gasteiger charge is -2.04. The van der Waals surface area contributed by atoms with Crippen LogP contribution in [0.1, 0.15) is 13.8 Å². The minimum atomic E-state index is -0.236. The van der Waals surface area contributed by atoms with Crippen molar-refractivity contribution in [3.8, 4) is 0 Å². The molecule has 46 valence electrons. The highest BCUT2D eigenvalue weighted by Crippen LogP contribution is 2.10. The molecule has 0 aliphatic carbocycles. The molecule has 0 atom stereocenters. The minimum Gasteiger partial charge on any atom is -0.440 e. The zero-order valence-corrected chi connectivity index (χ0v) is 5.09. The Balaban J connectivity index is 2.73. The summed E-state index contributed by atoms with van der Waals surface area (Å²) in [6.07, 6.45) is 1.32. The zero-order valence-electron chi connectivity index (χ0n) is 5.09. The van der Waals surface area contributed by atoms with Gasteiger partial charge >= 0.3 is 6.40 Å². The molecule has 0 aromatic carbocycles. The summed E-state index contributed by atoms with van der Waals surface area (Å²) in [5.74, 6) is 0. The minimum absolute atomic E-state index is 0.236. The van der Waals surface area contributed by atoms with E-state index in [1.807, 2.05) is 13.8 Å². The maximum Gasteiger partial charge on any atom is 0.373 e. The summed E-state index contributed by atoms with van der Waals surface area (Å²) in [6, 6.07) is 0. The summed E-state index contributed by atoms with van der Waals surface area (Å²) < 4.78 is 5.90. The van der Waals surface area contributed by atoms with Crippen LogP contribution < -0.4 is 0 Å². The van der Waals surface area contributed by atoms with Crippen molar-refractivity contribution in [1.29, 1.82) is 0 Å². The Morgan fingerprint density at radius 2 is 2.38 bits per heavy atom. The van der Waals surface area contributed by atoms with Crippen molar-refractivity contribution < 1.29 is 14.7 Å². The molecule has 1 aliphatic rings. The standard InChI is InChI=1S/C5H10NO2/c1-5(2)3-8-4-6(5)7/h4,7H,3H2,1-2H3/q+1. The predicted octanol–water partition coefficient (Wildman–Crippen LogP) is 0.225. The van der Waals surface area contributed by atoms with E-state index in [0.29, 0.717) is 6.61 Å². The van der Waals surface area contributed by atoms with Crippen LogP contribution in [0.5, 0.6) is 0 Å². The molecule has 0 amide bonds. The smallest absolute Gasteiger partial charge is 0.373 e. The molecule has 0 bridgehead atoms. The van der Waals surface area contributed by atoms with Gasteiger partial charge in [0, 0.05) is 18.6 Å². The molecule has 0 spiro atoms. The summed E-state index contributed by atoms with van der Waals surface area (Å²) in [7, 11) is 0. The molecule has 1 aliphatic heterocycles. The average molecular weight is 116 g/mol. The molecule has 0 fully saturated rings. The van der Waals surface area contributed by atoms with Gasteiger partial charge in [-0.3, -0.25) is 5.21 Å². The van der Waals surface area contributed by atoms with Gasteiger partial charge in [-0.2, -0.15) is 0 Å². The number of nitrogens with zero attached hydrogens (tertiary/aromatic N) is 1. The Hall–Kier alpha value is -0.730. The number of ether oxygens (including phenoxy) is 1. The molecule has 8 heavy (non-hydrogen) atoms. The fourth-order valence-electron chi connectivity index (χ4n) is 0.521. The van der Waals surface area contributed by atoms with Crippen LogP contribution in [0.15, 0.2) is 0 Å². The SMILES string of the molecule is CC1(C)COC=[N+]1O. The molecule has 1 heterocycles. The van der Waals surface area contributed by atoms with Gasteiger partial charge in [-0.25, -0.2) is 0 Å². The van der Waals surface area contributed by atoms with E-state index in [1.54, 1.807) is 0 Å². The first-order valence-electron chi connectivity index (χ1n) is 2.56. The van der Waals surface area contributed by atoms with Gasteiger partial charge in [0.05, 0.1) is 0 Å². The number of hydrogen-bond donors (Lipinski definition) is 1. The monoisotopic (exact) mass is 116 g/mol. The molecule has 1 N–H and O–H groups in total. The van der Waals surface area contributed by atoms with Crippen LogP contribution in [0, 0.1) is 0 Å². The van der Waals surface area contributed by atoms with Gasteiger partial charge < -0.3 is 4.74 Å². The summed E-state index contributed by atoms with van der Waals surface area (Å²) in [6.45, 7) is 4.36. The van der Waals surface area contributed by atoms with E-state index in [9.17, 15) is 0 Å². The first kappa shape index (κ1) is 5.41. The second-order valence-corrected chi connectivity index (χ2v) is 2.57.